The molecule has 2 aromatic carbocycles. The molecular weight excluding hydrogens is 268 g/mol. The highest BCUT2D eigenvalue weighted by Gasteiger charge is 2.28. The van der Waals surface area contributed by atoms with Gasteiger partial charge in [-0.3, -0.25) is 0 Å². The SMILES string of the molecule is COc1ccc(OC)c2c3c(ccc12)COCC(C)(O)C3. The number of benzene rings is 2. The quantitative estimate of drug-likeness (QED) is 0.923. The van der Waals surface area contributed by atoms with Gasteiger partial charge >= 0.3 is 0 Å². The molecule has 1 unspecified atom stereocenters. The largest absolute Gasteiger partial charge is 0.496 e. The fraction of sp³-hybridized carbons (Fsp3) is 0.412. The smallest absolute Gasteiger partial charge is 0.127 e. The van der Waals surface area contributed by atoms with E-state index in [9.17, 15) is 5.11 Å². The second-order valence-corrected chi connectivity index (χ2v) is 5.76. The van der Waals surface area contributed by atoms with Gasteiger partial charge in [-0.05, 0) is 30.2 Å². The van der Waals surface area contributed by atoms with Crippen molar-refractivity contribution in [2.45, 2.75) is 25.6 Å². The van der Waals surface area contributed by atoms with Crippen molar-refractivity contribution in [3.05, 3.63) is 35.4 Å². The number of aliphatic hydroxyl groups is 1. The zero-order chi connectivity index (χ0) is 15.0. The lowest BCUT2D eigenvalue weighted by molar-refractivity contribution is -0.0314. The maximum Gasteiger partial charge on any atom is 0.127 e. The Hall–Kier alpha value is -1.78. The molecule has 0 aliphatic carbocycles. The van der Waals surface area contributed by atoms with E-state index in [4.69, 9.17) is 14.2 Å². The maximum atomic E-state index is 10.5. The van der Waals surface area contributed by atoms with Crippen LogP contribution in [0.15, 0.2) is 24.3 Å². The Morgan fingerprint density at radius 3 is 2.52 bits per heavy atom. The first-order chi connectivity index (χ1) is 10.1. The summed E-state index contributed by atoms with van der Waals surface area (Å²) in [6, 6.07) is 7.88. The van der Waals surface area contributed by atoms with E-state index in [1.165, 1.54) is 0 Å². The summed E-state index contributed by atoms with van der Waals surface area (Å²) in [6.45, 7) is 2.63. The van der Waals surface area contributed by atoms with E-state index in [0.29, 0.717) is 19.6 Å². The summed E-state index contributed by atoms with van der Waals surface area (Å²) in [7, 11) is 3.32. The van der Waals surface area contributed by atoms with Gasteiger partial charge in [0.2, 0.25) is 0 Å². The van der Waals surface area contributed by atoms with Crippen molar-refractivity contribution < 1.29 is 19.3 Å². The first kappa shape index (κ1) is 14.2. The number of ether oxygens (including phenoxy) is 3. The van der Waals surface area contributed by atoms with Gasteiger partial charge in [0.1, 0.15) is 11.5 Å². The summed E-state index contributed by atoms with van der Waals surface area (Å²) in [5, 5.41) is 12.4. The third-order valence-electron chi connectivity index (χ3n) is 3.98. The molecule has 0 saturated heterocycles. The molecule has 1 N–H and O–H groups in total. The number of hydrogen-bond acceptors (Lipinski definition) is 4. The summed E-state index contributed by atoms with van der Waals surface area (Å²) in [4.78, 5) is 0. The first-order valence-corrected chi connectivity index (χ1v) is 7.01. The molecule has 21 heavy (non-hydrogen) atoms. The third-order valence-corrected chi connectivity index (χ3v) is 3.98. The van der Waals surface area contributed by atoms with Gasteiger partial charge in [0.15, 0.2) is 0 Å². The van der Waals surface area contributed by atoms with Gasteiger partial charge < -0.3 is 19.3 Å². The predicted molar refractivity (Wildman–Crippen MR) is 81.0 cm³/mol. The minimum absolute atomic E-state index is 0.329. The van der Waals surface area contributed by atoms with Crippen molar-refractivity contribution in [3.63, 3.8) is 0 Å². The van der Waals surface area contributed by atoms with Crippen LogP contribution in [0, 0.1) is 0 Å². The molecule has 1 aliphatic rings. The van der Waals surface area contributed by atoms with E-state index >= 15 is 0 Å². The van der Waals surface area contributed by atoms with Crippen LogP contribution in [0.25, 0.3) is 10.8 Å². The molecule has 3 rings (SSSR count). The molecule has 1 aliphatic heterocycles. The number of hydrogen-bond donors (Lipinski definition) is 1. The Morgan fingerprint density at radius 1 is 1.10 bits per heavy atom. The van der Waals surface area contributed by atoms with Crippen LogP contribution in [0.5, 0.6) is 11.5 Å². The van der Waals surface area contributed by atoms with Crippen LogP contribution in [-0.4, -0.2) is 31.5 Å². The molecule has 0 bridgehead atoms. The average molecular weight is 288 g/mol. The van der Waals surface area contributed by atoms with E-state index in [1.54, 1.807) is 21.1 Å². The minimum Gasteiger partial charge on any atom is -0.496 e. The lowest BCUT2D eigenvalue weighted by Crippen LogP contribution is -2.31. The van der Waals surface area contributed by atoms with Gasteiger partial charge in [0, 0.05) is 17.2 Å². The number of fused-ring (bicyclic) bond motifs is 3. The van der Waals surface area contributed by atoms with Crippen molar-refractivity contribution in [3.8, 4) is 11.5 Å². The standard InChI is InChI=1S/C17H20O4/c1-17(18)8-13-11(9-21-10-17)4-5-12-14(19-2)6-7-15(20-3)16(12)13/h4-7,18H,8-10H2,1-3H3. The van der Waals surface area contributed by atoms with Crippen LogP contribution < -0.4 is 9.47 Å². The van der Waals surface area contributed by atoms with Gasteiger partial charge in [-0.2, -0.15) is 0 Å². The lowest BCUT2D eigenvalue weighted by atomic mass is 9.90. The van der Waals surface area contributed by atoms with Crippen LogP contribution in [0.2, 0.25) is 0 Å². The van der Waals surface area contributed by atoms with Crippen LogP contribution in [0.4, 0.5) is 0 Å². The zero-order valence-corrected chi connectivity index (χ0v) is 12.6. The molecule has 0 spiro atoms. The molecule has 1 heterocycles. The van der Waals surface area contributed by atoms with Crippen LogP contribution >= 0.6 is 0 Å². The lowest BCUT2D eigenvalue weighted by Gasteiger charge is -2.22. The van der Waals surface area contributed by atoms with E-state index in [-0.39, 0.29) is 0 Å². The van der Waals surface area contributed by atoms with Gasteiger partial charge in [0.25, 0.3) is 0 Å². The van der Waals surface area contributed by atoms with Gasteiger partial charge in [-0.25, -0.2) is 0 Å². The molecule has 0 aromatic heterocycles. The molecule has 0 amide bonds. The minimum atomic E-state index is -0.881. The van der Waals surface area contributed by atoms with E-state index in [0.717, 1.165) is 33.4 Å². The molecule has 0 radical (unpaired) electrons. The fourth-order valence-corrected chi connectivity index (χ4v) is 3.00. The van der Waals surface area contributed by atoms with Crippen molar-refractivity contribution in [1.82, 2.24) is 0 Å². The van der Waals surface area contributed by atoms with Crippen LogP contribution in [-0.2, 0) is 17.8 Å². The summed E-state index contributed by atoms with van der Waals surface area (Å²) in [5.74, 6) is 1.60. The molecular formula is C17H20O4. The second kappa shape index (κ2) is 5.20. The Balaban J connectivity index is 2.33. The monoisotopic (exact) mass is 288 g/mol. The first-order valence-electron chi connectivity index (χ1n) is 7.01. The van der Waals surface area contributed by atoms with Crippen molar-refractivity contribution in [1.29, 1.82) is 0 Å². The molecule has 2 aromatic rings. The maximum absolute atomic E-state index is 10.5. The van der Waals surface area contributed by atoms with E-state index < -0.39 is 5.60 Å². The Labute approximate surface area is 124 Å². The summed E-state index contributed by atoms with van der Waals surface area (Å²) in [5.41, 5.74) is 1.28. The highest BCUT2D eigenvalue weighted by Crippen LogP contribution is 2.39. The number of rotatable bonds is 2. The summed E-state index contributed by atoms with van der Waals surface area (Å²) >= 11 is 0. The highest BCUT2D eigenvalue weighted by molar-refractivity contribution is 5.96. The Bertz CT molecular complexity index is 676. The fourth-order valence-electron chi connectivity index (χ4n) is 3.00. The van der Waals surface area contributed by atoms with Crippen LogP contribution in [0.3, 0.4) is 0 Å². The zero-order valence-electron chi connectivity index (χ0n) is 12.6. The Morgan fingerprint density at radius 2 is 1.81 bits per heavy atom. The molecule has 4 nitrogen and oxygen atoms in total. The van der Waals surface area contributed by atoms with Crippen LogP contribution in [0.1, 0.15) is 18.1 Å². The topological polar surface area (TPSA) is 47.9 Å². The van der Waals surface area contributed by atoms with Crippen molar-refractivity contribution in [2.24, 2.45) is 0 Å². The molecule has 1 atom stereocenters. The molecule has 112 valence electrons. The molecule has 0 saturated carbocycles. The van der Waals surface area contributed by atoms with Gasteiger partial charge in [-0.1, -0.05) is 12.1 Å². The van der Waals surface area contributed by atoms with E-state index in [2.05, 4.69) is 0 Å². The van der Waals surface area contributed by atoms with Gasteiger partial charge in [0.05, 0.1) is 33.0 Å². The van der Waals surface area contributed by atoms with Gasteiger partial charge in [-0.15, -0.1) is 0 Å². The normalized spacial score (nSPS) is 21.7. The molecule has 0 fully saturated rings. The predicted octanol–water partition coefficient (Wildman–Crippen LogP) is 2.68. The van der Waals surface area contributed by atoms with Crippen molar-refractivity contribution >= 4 is 10.8 Å². The molecule has 4 heteroatoms. The highest BCUT2D eigenvalue weighted by atomic mass is 16.5. The van der Waals surface area contributed by atoms with E-state index in [1.807, 2.05) is 24.3 Å². The van der Waals surface area contributed by atoms with Crippen molar-refractivity contribution in [2.75, 3.05) is 20.8 Å². The second-order valence-electron chi connectivity index (χ2n) is 5.76. The average Bonchev–Trinajstić information content (AvgIpc) is 2.62. The summed E-state index contributed by atoms with van der Waals surface area (Å²) in [6.07, 6.45) is 0.531. The Kier molecular flexibility index (Phi) is 3.51. The third kappa shape index (κ3) is 2.45. The number of methoxy groups -OCH3 is 2. The summed E-state index contributed by atoms with van der Waals surface area (Å²) < 4.78 is 16.6.